The van der Waals surface area contributed by atoms with Gasteiger partial charge in [-0.1, -0.05) is 0 Å². The van der Waals surface area contributed by atoms with E-state index in [1.165, 1.54) is 42.6 Å². The average molecular weight is 340 g/mol. The fraction of sp³-hybridized carbons (Fsp3) is 0.571. The topological polar surface area (TPSA) is 45.3 Å². The van der Waals surface area contributed by atoms with Gasteiger partial charge < -0.3 is 14.6 Å². The molecule has 1 atom stereocenters. The highest BCUT2D eigenvalue weighted by Gasteiger charge is 2.37. The molecule has 0 radical (unpaired) electrons. The molecule has 1 N–H and O–H groups in total. The minimum atomic E-state index is -0.498. The number of H-pyrrole nitrogens is 1. The number of aromatic nitrogens is 1. The van der Waals surface area contributed by atoms with Crippen LogP contribution in [-0.2, 0) is 4.79 Å². The highest BCUT2D eigenvalue weighted by molar-refractivity contribution is 5.88. The molecule has 0 aliphatic carbocycles. The lowest BCUT2D eigenvalue weighted by atomic mass is 9.75. The van der Waals surface area contributed by atoms with Crippen LogP contribution in [0.25, 0.3) is 10.9 Å². The maximum atomic E-state index is 12.2. The van der Waals surface area contributed by atoms with Crippen LogP contribution in [0, 0.1) is 18.3 Å². The number of carbonyl (C=O) groups is 1. The Morgan fingerprint density at radius 2 is 1.96 bits per heavy atom. The molecule has 25 heavy (non-hydrogen) atoms. The summed E-state index contributed by atoms with van der Waals surface area (Å²) >= 11 is 0. The van der Waals surface area contributed by atoms with E-state index in [1.807, 2.05) is 32.9 Å². The van der Waals surface area contributed by atoms with Gasteiger partial charge >= 0.3 is 5.97 Å². The molecule has 1 aromatic heterocycles. The van der Waals surface area contributed by atoms with E-state index in [-0.39, 0.29) is 5.97 Å². The highest BCUT2D eigenvalue weighted by Crippen LogP contribution is 2.43. The van der Waals surface area contributed by atoms with E-state index >= 15 is 0 Å². The standard InChI is InChI=1S/C21H28N2O2/c1-13-19(17-12-23-9-7-14(17)8-10-23)16-11-15(5-6-18(16)22-13)25-20(24)21(2,3)4/h5-6,11,14,17,22H,7-10,12H2,1-4H3. The Balaban J connectivity index is 1.71. The first-order valence-corrected chi connectivity index (χ1v) is 9.40. The zero-order valence-corrected chi connectivity index (χ0v) is 15.7. The van der Waals surface area contributed by atoms with Crippen molar-refractivity contribution in [2.75, 3.05) is 19.6 Å². The molecule has 0 spiro atoms. The summed E-state index contributed by atoms with van der Waals surface area (Å²) in [4.78, 5) is 18.4. The van der Waals surface area contributed by atoms with Crippen LogP contribution in [0.15, 0.2) is 18.2 Å². The van der Waals surface area contributed by atoms with Crippen molar-refractivity contribution in [2.24, 2.45) is 11.3 Å². The molecule has 4 nitrogen and oxygen atoms in total. The zero-order chi connectivity index (χ0) is 17.8. The number of fused-ring (bicyclic) bond motifs is 4. The number of rotatable bonds is 2. The molecule has 1 unspecified atom stereocenters. The van der Waals surface area contributed by atoms with Gasteiger partial charge in [0.15, 0.2) is 0 Å². The number of aryl methyl sites for hydroxylation is 1. The summed E-state index contributed by atoms with van der Waals surface area (Å²) in [6, 6.07) is 5.98. The smallest absolute Gasteiger partial charge is 0.316 e. The van der Waals surface area contributed by atoms with Crippen LogP contribution in [0.5, 0.6) is 5.75 Å². The maximum absolute atomic E-state index is 12.2. The van der Waals surface area contributed by atoms with Crippen molar-refractivity contribution >= 4 is 16.9 Å². The van der Waals surface area contributed by atoms with Gasteiger partial charge in [-0.2, -0.15) is 0 Å². The molecule has 134 valence electrons. The second-order valence-electron chi connectivity index (χ2n) is 8.76. The maximum Gasteiger partial charge on any atom is 0.316 e. The normalized spacial score (nSPS) is 26.2. The van der Waals surface area contributed by atoms with Crippen LogP contribution in [0.3, 0.4) is 0 Å². The molecular weight excluding hydrogens is 312 g/mol. The van der Waals surface area contributed by atoms with E-state index in [9.17, 15) is 4.79 Å². The number of benzene rings is 1. The lowest BCUT2D eigenvalue weighted by molar-refractivity contribution is -0.142. The molecule has 3 saturated heterocycles. The average Bonchev–Trinajstić information content (AvgIpc) is 2.90. The van der Waals surface area contributed by atoms with Crippen LogP contribution < -0.4 is 4.74 Å². The van der Waals surface area contributed by atoms with Crippen molar-refractivity contribution in [3.63, 3.8) is 0 Å². The summed E-state index contributed by atoms with van der Waals surface area (Å²) in [5.74, 6) is 1.82. The first-order chi connectivity index (χ1) is 11.8. The van der Waals surface area contributed by atoms with Gasteiger partial charge in [0.25, 0.3) is 0 Å². The van der Waals surface area contributed by atoms with Gasteiger partial charge in [-0.25, -0.2) is 0 Å². The van der Waals surface area contributed by atoms with Gasteiger partial charge in [0.2, 0.25) is 0 Å². The highest BCUT2D eigenvalue weighted by atomic mass is 16.5. The minimum Gasteiger partial charge on any atom is -0.426 e. The number of hydrogen-bond acceptors (Lipinski definition) is 3. The second-order valence-corrected chi connectivity index (χ2v) is 8.76. The summed E-state index contributed by atoms with van der Waals surface area (Å²) in [6.45, 7) is 11.5. The Hall–Kier alpha value is -1.81. The second kappa shape index (κ2) is 5.87. The van der Waals surface area contributed by atoms with Crippen molar-refractivity contribution in [2.45, 2.75) is 46.5 Å². The monoisotopic (exact) mass is 340 g/mol. The predicted molar refractivity (Wildman–Crippen MR) is 100 cm³/mol. The van der Waals surface area contributed by atoms with Crippen molar-refractivity contribution in [1.29, 1.82) is 0 Å². The molecule has 0 amide bonds. The number of nitrogens with one attached hydrogen (secondary N) is 1. The van der Waals surface area contributed by atoms with E-state index in [2.05, 4.69) is 22.9 Å². The predicted octanol–water partition coefficient (Wildman–Crippen LogP) is 4.24. The van der Waals surface area contributed by atoms with Crippen LogP contribution in [-0.4, -0.2) is 35.5 Å². The Morgan fingerprint density at radius 1 is 1.24 bits per heavy atom. The SMILES string of the molecule is Cc1[nH]c2ccc(OC(=O)C(C)(C)C)cc2c1C1CN2CCC1CC2. The Kier molecular flexibility index (Phi) is 3.91. The molecule has 0 saturated carbocycles. The van der Waals surface area contributed by atoms with Crippen molar-refractivity contribution in [3.05, 3.63) is 29.5 Å². The van der Waals surface area contributed by atoms with E-state index in [0.29, 0.717) is 11.7 Å². The first kappa shape index (κ1) is 16.6. The van der Waals surface area contributed by atoms with E-state index < -0.39 is 5.41 Å². The number of ether oxygens (including phenoxy) is 1. The third-order valence-electron chi connectivity index (χ3n) is 5.86. The number of carbonyl (C=O) groups excluding carboxylic acids is 1. The van der Waals surface area contributed by atoms with E-state index in [4.69, 9.17) is 4.74 Å². The molecule has 5 rings (SSSR count). The quantitative estimate of drug-likeness (QED) is 0.657. The van der Waals surface area contributed by atoms with Crippen LogP contribution in [0.1, 0.15) is 50.8 Å². The molecular formula is C21H28N2O2. The van der Waals surface area contributed by atoms with Crippen molar-refractivity contribution in [3.8, 4) is 5.75 Å². The first-order valence-electron chi connectivity index (χ1n) is 9.40. The number of aromatic amines is 1. The van der Waals surface area contributed by atoms with Gasteiger partial charge in [-0.05, 0) is 83.3 Å². The summed E-state index contributed by atoms with van der Waals surface area (Å²) in [6.07, 6.45) is 2.60. The zero-order valence-electron chi connectivity index (χ0n) is 15.7. The number of hydrogen-bond donors (Lipinski definition) is 1. The summed E-state index contributed by atoms with van der Waals surface area (Å²) in [7, 11) is 0. The van der Waals surface area contributed by atoms with Crippen LogP contribution >= 0.6 is 0 Å². The Morgan fingerprint density at radius 3 is 2.56 bits per heavy atom. The number of piperidine rings is 3. The summed E-state index contributed by atoms with van der Waals surface area (Å²) in [5, 5.41) is 1.22. The molecule has 4 heterocycles. The molecule has 2 aromatic rings. The molecule has 3 fully saturated rings. The molecule has 1 aromatic carbocycles. The minimum absolute atomic E-state index is 0.191. The molecule has 3 aliphatic rings. The number of nitrogens with zero attached hydrogens (tertiary/aromatic N) is 1. The van der Waals surface area contributed by atoms with E-state index in [1.54, 1.807) is 0 Å². The van der Waals surface area contributed by atoms with Gasteiger partial charge in [0, 0.05) is 29.1 Å². The number of esters is 1. The molecule has 2 bridgehead atoms. The molecule has 3 aliphatic heterocycles. The van der Waals surface area contributed by atoms with Gasteiger partial charge in [0.05, 0.1) is 5.41 Å². The fourth-order valence-corrected chi connectivity index (χ4v) is 4.42. The Labute approximate surface area is 149 Å². The van der Waals surface area contributed by atoms with Gasteiger partial charge in [-0.3, -0.25) is 4.79 Å². The van der Waals surface area contributed by atoms with Gasteiger partial charge in [-0.15, -0.1) is 0 Å². The fourth-order valence-electron chi connectivity index (χ4n) is 4.42. The molecule has 4 heteroatoms. The summed E-state index contributed by atoms with van der Waals surface area (Å²) < 4.78 is 5.64. The largest absolute Gasteiger partial charge is 0.426 e. The lowest BCUT2D eigenvalue weighted by Crippen LogP contribution is -2.46. The Bertz CT molecular complexity index is 807. The van der Waals surface area contributed by atoms with E-state index in [0.717, 1.165) is 18.0 Å². The summed E-state index contributed by atoms with van der Waals surface area (Å²) in [5.41, 5.74) is 3.33. The van der Waals surface area contributed by atoms with Crippen molar-refractivity contribution in [1.82, 2.24) is 9.88 Å². The third kappa shape index (κ3) is 2.97. The van der Waals surface area contributed by atoms with Crippen molar-refractivity contribution < 1.29 is 9.53 Å². The third-order valence-corrected chi connectivity index (χ3v) is 5.86. The van der Waals surface area contributed by atoms with Crippen LogP contribution in [0.4, 0.5) is 0 Å². The van der Waals surface area contributed by atoms with Gasteiger partial charge in [0.1, 0.15) is 5.75 Å². The van der Waals surface area contributed by atoms with Crippen LogP contribution in [0.2, 0.25) is 0 Å². The lowest BCUT2D eigenvalue weighted by Gasteiger charge is -2.45.